The number of carbonyl (C=O) groups is 1. The van der Waals surface area contributed by atoms with Crippen molar-refractivity contribution in [3.8, 4) is 0 Å². The van der Waals surface area contributed by atoms with Gasteiger partial charge < -0.3 is 4.74 Å². The third-order valence-electron chi connectivity index (χ3n) is 3.08. The van der Waals surface area contributed by atoms with Crippen molar-refractivity contribution >= 4 is 15.8 Å². The zero-order chi connectivity index (χ0) is 15.6. The van der Waals surface area contributed by atoms with Gasteiger partial charge in [-0.25, -0.2) is 13.1 Å². The van der Waals surface area contributed by atoms with Gasteiger partial charge in [-0.05, 0) is 19.3 Å². The minimum Gasteiger partial charge on any atom is -0.366 e. The second-order valence-electron chi connectivity index (χ2n) is 5.03. The van der Waals surface area contributed by atoms with Gasteiger partial charge in [-0.2, -0.15) is 13.2 Å². The number of Topliss-reactive ketones (excluding diaryl/α,β-unsaturated/α-hetero) is 1. The highest BCUT2D eigenvalue weighted by atomic mass is 32.2. The average molecular weight is 317 g/mol. The van der Waals surface area contributed by atoms with Crippen molar-refractivity contribution in [3.63, 3.8) is 0 Å². The summed E-state index contributed by atoms with van der Waals surface area (Å²) in [6.45, 7) is 3.08. The monoisotopic (exact) mass is 317 g/mol. The molecule has 0 amide bonds. The SMILES string of the molecule is CC(=O)[C@H]1OC(CNS(=O)(=O)CCC(F)(F)F)C[C@H]1C. The summed E-state index contributed by atoms with van der Waals surface area (Å²) in [4.78, 5) is 11.2. The van der Waals surface area contributed by atoms with Crippen LogP contribution in [-0.4, -0.2) is 44.9 Å². The third-order valence-corrected chi connectivity index (χ3v) is 4.42. The van der Waals surface area contributed by atoms with Crippen molar-refractivity contribution < 1.29 is 31.1 Å². The third kappa shape index (κ3) is 5.76. The first-order valence-corrected chi connectivity index (χ1v) is 7.85. The van der Waals surface area contributed by atoms with E-state index in [1.807, 2.05) is 6.92 Å². The highest BCUT2D eigenvalue weighted by Gasteiger charge is 2.36. The van der Waals surface area contributed by atoms with Gasteiger partial charge in [0.05, 0.1) is 18.3 Å². The molecule has 0 spiro atoms. The summed E-state index contributed by atoms with van der Waals surface area (Å²) in [6, 6.07) is 0. The Morgan fingerprint density at radius 3 is 2.45 bits per heavy atom. The fourth-order valence-electron chi connectivity index (χ4n) is 2.11. The van der Waals surface area contributed by atoms with Crippen LogP contribution in [0.3, 0.4) is 0 Å². The van der Waals surface area contributed by atoms with Gasteiger partial charge in [0.15, 0.2) is 5.78 Å². The fourth-order valence-corrected chi connectivity index (χ4v) is 3.19. The van der Waals surface area contributed by atoms with Crippen molar-refractivity contribution in [1.82, 2.24) is 4.72 Å². The Bertz CT molecular complexity index is 449. The van der Waals surface area contributed by atoms with Crippen molar-refractivity contribution in [3.05, 3.63) is 0 Å². The van der Waals surface area contributed by atoms with Crippen LogP contribution in [0.2, 0.25) is 0 Å². The molecular weight excluding hydrogens is 299 g/mol. The molecule has 1 saturated heterocycles. The van der Waals surface area contributed by atoms with E-state index in [-0.39, 0.29) is 18.2 Å². The number of ether oxygens (including phenoxy) is 1. The predicted molar refractivity (Wildman–Crippen MR) is 65.6 cm³/mol. The Balaban J connectivity index is 2.42. The highest BCUT2D eigenvalue weighted by molar-refractivity contribution is 7.89. The quantitative estimate of drug-likeness (QED) is 0.800. The van der Waals surface area contributed by atoms with Crippen molar-refractivity contribution in [2.45, 2.75) is 45.1 Å². The van der Waals surface area contributed by atoms with Crippen molar-refractivity contribution in [2.75, 3.05) is 12.3 Å². The van der Waals surface area contributed by atoms with E-state index in [9.17, 15) is 26.4 Å². The van der Waals surface area contributed by atoms with E-state index in [2.05, 4.69) is 4.72 Å². The molecule has 0 saturated carbocycles. The maximum Gasteiger partial charge on any atom is 0.390 e. The first kappa shape index (κ1) is 17.4. The van der Waals surface area contributed by atoms with Crippen LogP contribution >= 0.6 is 0 Å². The lowest BCUT2D eigenvalue weighted by molar-refractivity contribution is -0.130. The van der Waals surface area contributed by atoms with E-state index in [0.29, 0.717) is 6.42 Å². The number of ketones is 1. The summed E-state index contributed by atoms with van der Waals surface area (Å²) in [6.07, 6.45) is -6.46. The van der Waals surface area contributed by atoms with Gasteiger partial charge in [-0.3, -0.25) is 4.79 Å². The zero-order valence-corrected chi connectivity index (χ0v) is 12.1. The van der Waals surface area contributed by atoms with Gasteiger partial charge in [-0.15, -0.1) is 0 Å². The average Bonchev–Trinajstić information content (AvgIpc) is 2.65. The number of alkyl halides is 3. The van der Waals surface area contributed by atoms with E-state index in [1.165, 1.54) is 6.92 Å². The number of hydrogen-bond acceptors (Lipinski definition) is 4. The summed E-state index contributed by atoms with van der Waals surface area (Å²) >= 11 is 0. The first-order valence-electron chi connectivity index (χ1n) is 6.20. The Hall–Kier alpha value is -0.670. The number of rotatable bonds is 6. The van der Waals surface area contributed by atoms with Crippen molar-refractivity contribution in [1.29, 1.82) is 0 Å². The molecule has 0 bridgehead atoms. The molecule has 1 heterocycles. The van der Waals surface area contributed by atoms with Crippen LogP contribution < -0.4 is 4.72 Å². The maximum absolute atomic E-state index is 12.0. The zero-order valence-electron chi connectivity index (χ0n) is 11.2. The molecule has 1 aliphatic heterocycles. The number of carbonyl (C=O) groups excluding carboxylic acids is 1. The summed E-state index contributed by atoms with van der Waals surface area (Å²) in [5.41, 5.74) is 0. The molecule has 5 nitrogen and oxygen atoms in total. The number of sulfonamides is 1. The van der Waals surface area contributed by atoms with E-state index >= 15 is 0 Å². The van der Waals surface area contributed by atoms with Crippen LogP contribution in [0.1, 0.15) is 26.7 Å². The summed E-state index contributed by atoms with van der Waals surface area (Å²) in [5.74, 6) is -1.17. The molecule has 1 fully saturated rings. The van der Waals surface area contributed by atoms with Crippen LogP contribution in [0.5, 0.6) is 0 Å². The summed E-state index contributed by atoms with van der Waals surface area (Å²) in [7, 11) is -3.99. The Morgan fingerprint density at radius 1 is 1.40 bits per heavy atom. The Morgan fingerprint density at radius 2 is 2.00 bits per heavy atom. The molecule has 1 aliphatic rings. The molecule has 118 valence electrons. The molecule has 0 aromatic rings. The van der Waals surface area contributed by atoms with Crippen LogP contribution in [-0.2, 0) is 19.6 Å². The number of halogens is 3. The summed E-state index contributed by atoms with van der Waals surface area (Å²) < 4.78 is 66.2. The van der Waals surface area contributed by atoms with Crippen molar-refractivity contribution in [2.24, 2.45) is 5.92 Å². The highest BCUT2D eigenvalue weighted by Crippen LogP contribution is 2.26. The van der Waals surface area contributed by atoms with E-state index in [0.717, 1.165) is 0 Å². The van der Waals surface area contributed by atoms with E-state index in [1.54, 1.807) is 0 Å². The van der Waals surface area contributed by atoms with Crippen LogP contribution in [0, 0.1) is 5.92 Å². The second-order valence-corrected chi connectivity index (χ2v) is 6.96. The maximum atomic E-state index is 12.0. The molecule has 1 rings (SSSR count). The standard InChI is InChI=1S/C11H18F3NO4S/c1-7-5-9(19-10(7)8(2)16)6-15-20(17,18)4-3-11(12,13)14/h7,9-10,15H,3-6H2,1-2H3/t7-,9?,10+/m1/s1. The molecule has 0 aliphatic carbocycles. The lowest BCUT2D eigenvalue weighted by atomic mass is 9.99. The van der Waals surface area contributed by atoms with Crippen LogP contribution in [0.25, 0.3) is 0 Å². The molecule has 0 aromatic carbocycles. The van der Waals surface area contributed by atoms with Crippen LogP contribution in [0.4, 0.5) is 13.2 Å². The minimum atomic E-state index is -4.51. The smallest absolute Gasteiger partial charge is 0.366 e. The topological polar surface area (TPSA) is 72.5 Å². The lowest BCUT2D eigenvalue weighted by Crippen LogP contribution is -2.35. The summed E-state index contributed by atoms with van der Waals surface area (Å²) in [5, 5.41) is 0. The van der Waals surface area contributed by atoms with E-state index in [4.69, 9.17) is 4.74 Å². The molecule has 3 atom stereocenters. The molecule has 1 unspecified atom stereocenters. The largest absolute Gasteiger partial charge is 0.390 e. The molecule has 20 heavy (non-hydrogen) atoms. The van der Waals surface area contributed by atoms with Crippen LogP contribution in [0.15, 0.2) is 0 Å². The minimum absolute atomic E-state index is 0.0304. The second kappa shape index (κ2) is 6.40. The fraction of sp³-hybridized carbons (Fsp3) is 0.909. The van der Waals surface area contributed by atoms with Gasteiger partial charge in [-0.1, -0.05) is 6.92 Å². The van der Waals surface area contributed by atoms with Gasteiger partial charge >= 0.3 is 6.18 Å². The van der Waals surface area contributed by atoms with Gasteiger partial charge in [0.25, 0.3) is 0 Å². The molecular formula is C11H18F3NO4S. The molecule has 9 heteroatoms. The molecule has 0 radical (unpaired) electrons. The number of nitrogens with one attached hydrogen (secondary N) is 1. The predicted octanol–water partition coefficient (Wildman–Crippen LogP) is 1.24. The molecule has 0 aromatic heterocycles. The van der Waals surface area contributed by atoms with Gasteiger partial charge in [0.1, 0.15) is 6.10 Å². The van der Waals surface area contributed by atoms with Gasteiger partial charge in [0.2, 0.25) is 10.0 Å². The normalized spacial score (nSPS) is 27.8. The molecule has 1 N–H and O–H groups in total. The lowest BCUT2D eigenvalue weighted by Gasteiger charge is -2.13. The first-order chi connectivity index (χ1) is 9.00. The van der Waals surface area contributed by atoms with Gasteiger partial charge in [0, 0.05) is 6.54 Å². The Kier molecular flexibility index (Phi) is 5.56. The number of hydrogen-bond donors (Lipinski definition) is 1. The van der Waals surface area contributed by atoms with E-state index < -0.39 is 40.6 Å². The Labute approximate surface area is 115 Å².